The fourth-order valence-corrected chi connectivity index (χ4v) is 1.11. The summed E-state index contributed by atoms with van der Waals surface area (Å²) in [6.07, 6.45) is 0. The Balaban J connectivity index is 0. The summed E-state index contributed by atoms with van der Waals surface area (Å²) in [5.74, 6) is 0. The van der Waals surface area contributed by atoms with Crippen LogP contribution < -0.4 is 0 Å². The molecule has 0 amide bonds. The zero-order chi connectivity index (χ0) is 12.5. The summed E-state index contributed by atoms with van der Waals surface area (Å²) in [6.45, 7) is 12.8. The summed E-state index contributed by atoms with van der Waals surface area (Å²) in [5.41, 5.74) is 3.04. The number of aliphatic hydroxyl groups is 1. The second kappa shape index (κ2) is 8.49. The van der Waals surface area contributed by atoms with Crippen molar-refractivity contribution in [3.05, 3.63) is 35.4 Å². The van der Waals surface area contributed by atoms with Crippen molar-refractivity contribution in [2.45, 2.75) is 47.0 Å². The van der Waals surface area contributed by atoms with Crippen molar-refractivity contribution in [1.82, 2.24) is 0 Å². The van der Waals surface area contributed by atoms with Gasteiger partial charge in [-0.3, -0.25) is 0 Å². The minimum atomic E-state index is 0.284. The molecule has 1 N–H and O–H groups in total. The molecule has 0 aliphatic heterocycles. The first kappa shape index (κ1) is 16.6. The van der Waals surface area contributed by atoms with Crippen LogP contribution in [0.3, 0.4) is 0 Å². The van der Waals surface area contributed by atoms with Gasteiger partial charge in [0, 0.05) is 7.11 Å². The molecule has 0 saturated heterocycles. The lowest BCUT2D eigenvalue weighted by Crippen LogP contribution is -2.10. The van der Waals surface area contributed by atoms with E-state index in [-0.39, 0.29) is 5.41 Å². The molecule has 88 valence electrons. The summed E-state index contributed by atoms with van der Waals surface area (Å²) in [4.78, 5) is 0. The maximum atomic E-state index is 7.00. The lowest BCUT2D eigenvalue weighted by Gasteiger charge is -2.19. The molecule has 15 heavy (non-hydrogen) atoms. The predicted octanol–water partition coefficient (Wildman–Crippen LogP) is 3.93. The van der Waals surface area contributed by atoms with E-state index in [0.29, 0.717) is 0 Å². The van der Waals surface area contributed by atoms with Gasteiger partial charge in [0.15, 0.2) is 0 Å². The van der Waals surface area contributed by atoms with Gasteiger partial charge in [0.05, 0.1) is 0 Å². The largest absolute Gasteiger partial charge is 0.400 e. The zero-order valence-electron chi connectivity index (χ0n) is 11.3. The van der Waals surface area contributed by atoms with Crippen molar-refractivity contribution in [2.75, 3.05) is 7.11 Å². The van der Waals surface area contributed by atoms with Gasteiger partial charge in [-0.15, -0.1) is 0 Å². The fraction of sp³-hybridized carbons (Fsp3) is 0.571. The van der Waals surface area contributed by atoms with E-state index in [2.05, 4.69) is 52.0 Å². The molecule has 0 radical (unpaired) electrons. The van der Waals surface area contributed by atoms with Crippen molar-refractivity contribution in [3.63, 3.8) is 0 Å². The molecule has 1 aromatic rings. The molecule has 0 bridgehead atoms. The summed E-state index contributed by atoms with van der Waals surface area (Å²) < 4.78 is 0. The van der Waals surface area contributed by atoms with E-state index in [1.54, 1.807) is 0 Å². The average Bonchev–Trinajstić information content (AvgIpc) is 2.23. The van der Waals surface area contributed by atoms with E-state index in [1.807, 2.05) is 13.8 Å². The molecule has 1 aromatic carbocycles. The molecule has 0 fully saturated rings. The Morgan fingerprint density at radius 3 is 1.73 bits per heavy atom. The number of aryl methyl sites for hydroxylation is 1. The molecule has 0 aliphatic rings. The number of aliphatic hydroxyl groups excluding tert-OH is 1. The second-order valence-electron chi connectivity index (χ2n) is 4.12. The first-order chi connectivity index (χ1) is 7.00. The maximum Gasteiger partial charge on any atom is 0.0319 e. The molecule has 0 aromatic heterocycles. The van der Waals surface area contributed by atoms with Crippen LogP contribution in [0.15, 0.2) is 24.3 Å². The van der Waals surface area contributed by atoms with Crippen LogP contribution in [-0.4, -0.2) is 12.2 Å². The first-order valence-electron chi connectivity index (χ1n) is 5.52. The quantitative estimate of drug-likeness (QED) is 0.688. The second-order valence-corrected chi connectivity index (χ2v) is 4.12. The third-order valence-electron chi connectivity index (χ3n) is 1.88. The van der Waals surface area contributed by atoms with Crippen LogP contribution in [0.2, 0.25) is 0 Å². The Hall–Kier alpha value is -0.820. The van der Waals surface area contributed by atoms with Crippen LogP contribution in [0.25, 0.3) is 0 Å². The van der Waals surface area contributed by atoms with Gasteiger partial charge in [0.25, 0.3) is 0 Å². The van der Waals surface area contributed by atoms with Crippen molar-refractivity contribution in [2.24, 2.45) is 0 Å². The average molecular weight is 210 g/mol. The van der Waals surface area contributed by atoms with Crippen molar-refractivity contribution < 1.29 is 5.11 Å². The van der Waals surface area contributed by atoms with Crippen LogP contribution in [0, 0.1) is 6.92 Å². The highest BCUT2D eigenvalue weighted by molar-refractivity contribution is 5.27. The van der Waals surface area contributed by atoms with E-state index < -0.39 is 0 Å². The van der Waals surface area contributed by atoms with Crippen molar-refractivity contribution in [1.29, 1.82) is 0 Å². The Morgan fingerprint density at radius 2 is 1.47 bits per heavy atom. The summed E-state index contributed by atoms with van der Waals surface area (Å²) in [7, 11) is 1.00. The van der Waals surface area contributed by atoms with Crippen LogP contribution in [0.1, 0.15) is 45.7 Å². The van der Waals surface area contributed by atoms with Gasteiger partial charge >= 0.3 is 0 Å². The monoisotopic (exact) mass is 210 g/mol. The molecule has 0 heterocycles. The zero-order valence-corrected chi connectivity index (χ0v) is 11.3. The van der Waals surface area contributed by atoms with Crippen LogP contribution in [0.5, 0.6) is 0 Å². The fourth-order valence-electron chi connectivity index (χ4n) is 1.11. The van der Waals surface area contributed by atoms with Gasteiger partial charge in [0.1, 0.15) is 0 Å². The Kier molecular flexibility index (Phi) is 9.39. The van der Waals surface area contributed by atoms with Crippen molar-refractivity contribution >= 4 is 0 Å². The highest BCUT2D eigenvalue weighted by Gasteiger charge is 2.12. The Morgan fingerprint density at radius 1 is 1.00 bits per heavy atom. The minimum absolute atomic E-state index is 0.284. The standard InChI is InChI=1S/C11H16.C2H6.CH4O/c1-9-6-5-7-10(8-9)11(2,3)4;2*1-2/h5-8H,1-4H3;1-2H3;2H,1H3. The Bertz CT molecular complexity index is 246. The molecule has 0 unspecified atom stereocenters. The summed E-state index contributed by atoms with van der Waals surface area (Å²) >= 11 is 0. The smallest absolute Gasteiger partial charge is 0.0319 e. The molecule has 1 rings (SSSR count). The molecule has 0 spiro atoms. The molecule has 1 heteroatoms. The van der Waals surface area contributed by atoms with Gasteiger partial charge < -0.3 is 5.11 Å². The van der Waals surface area contributed by atoms with Crippen LogP contribution in [0.4, 0.5) is 0 Å². The number of benzene rings is 1. The third-order valence-corrected chi connectivity index (χ3v) is 1.88. The van der Waals surface area contributed by atoms with Gasteiger partial charge in [-0.25, -0.2) is 0 Å². The lowest BCUT2D eigenvalue weighted by atomic mass is 9.86. The van der Waals surface area contributed by atoms with Gasteiger partial charge in [-0.05, 0) is 17.9 Å². The number of rotatable bonds is 0. The SMILES string of the molecule is CC.CO.Cc1cccc(C(C)(C)C)c1. The first-order valence-corrected chi connectivity index (χ1v) is 5.52. The van der Waals surface area contributed by atoms with E-state index in [4.69, 9.17) is 5.11 Å². The van der Waals surface area contributed by atoms with E-state index in [9.17, 15) is 0 Å². The van der Waals surface area contributed by atoms with Crippen LogP contribution >= 0.6 is 0 Å². The third kappa shape index (κ3) is 7.15. The summed E-state index contributed by atoms with van der Waals surface area (Å²) in [5, 5.41) is 7.00. The van der Waals surface area contributed by atoms with Gasteiger partial charge in [-0.2, -0.15) is 0 Å². The maximum absolute atomic E-state index is 7.00. The number of hydrogen-bond donors (Lipinski definition) is 1. The molecule has 1 nitrogen and oxygen atoms in total. The van der Waals surface area contributed by atoms with Crippen molar-refractivity contribution in [3.8, 4) is 0 Å². The topological polar surface area (TPSA) is 20.2 Å². The minimum Gasteiger partial charge on any atom is -0.400 e. The van der Waals surface area contributed by atoms with Gasteiger partial charge in [0.2, 0.25) is 0 Å². The molecule has 0 aliphatic carbocycles. The molecular formula is C14H26O. The molecular weight excluding hydrogens is 184 g/mol. The summed E-state index contributed by atoms with van der Waals surface area (Å²) in [6, 6.07) is 8.69. The Labute approximate surface area is 95.2 Å². The highest BCUT2D eigenvalue weighted by Crippen LogP contribution is 2.22. The highest BCUT2D eigenvalue weighted by atomic mass is 16.2. The normalized spacial score (nSPS) is 9.33. The molecule has 0 saturated carbocycles. The molecule has 0 atom stereocenters. The van der Waals surface area contributed by atoms with Crippen LogP contribution in [-0.2, 0) is 5.41 Å². The van der Waals surface area contributed by atoms with Gasteiger partial charge in [-0.1, -0.05) is 64.4 Å². The van der Waals surface area contributed by atoms with E-state index in [1.165, 1.54) is 11.1 Å². The van der Waals surface area contributed by atoms with E-state index >= 15 is 0 Å². The number of hydrogen-bond acceptors (Lipinski definition) is 1. The van der Waals surface area contributed by atoms with E-state index in [0.717, 1.165) is 7.11 Å². The lowest BCUT2D eigenvalue weighted by molar-refractivity contribution is 0.399. The predicted molar refractivity (Wildman–Crippen MR) is 69.4 cm³/mol.